The van der Waals surface area contributed by atoms with Gasteiger partial charge in [-0.25, -0.2) is 9.37 Å². The Hall–Kier alpha value is -3.13. The van der Waals surface area contributed by atoms with Crippen LogP contribution in [0.2, 0.25) is 0 Å². The lowest BCUT2D eigenvalue weighted by Gasteiger charge is -2.08. The lowest BCUT2D eigenvalue weighted by Crippen LogP contribution is -1.96. The number of nitrogens with zero attached hydrogens (tertiary/aromatic N) is 4. The second-order valence-corrected chi connectivity index (χ2v) is 6.53. The summed E-state index contributed by atoms with van der Waals surface area (Å²) in [5, 5.41) is 4.75. The van der Waals surface area contributed by atoms with Gasteiger partial charge in [-0.05, 0) is 36.4 Å². The number of benzene rings is 2. The van der Waals surface area contributed by atoms with E-state index in [0.717, 1.165) is 16.6 Å². The molecule has 0 radical (unpaired) electrons. The molecule has 0 saturated heterocycles. The van der Waals surface area contributed by atoms with E-state index in [-0.39, 0.29) is 5.82 Å². The van der Waals surface area contributed by atoms with Crippen LogP contribution in [0.25, 0.3) is 17.1 Å². The number of ether oxygens (including phenoxy) is 1. The molecule has 27 heavy (non-hydrogen) atoms. The largest absolute Gasteiger partial charge is 0.497 e. The quantitative estimate of drug-likeness (QED) is 0.462. The molecule has 0 amide bonds. The summed E-state index contributed by atoms with van der Waals surface area (Å²) in [6, 6.07) is 13.7. The zero-order chi connectivity index (χ0) is 18.6. The van der Waals surface area contributed by atoms with Gasteiger partial charge in [0.25, 0.3) is 0 Å². The van der Waals surface area contributed by atoms with E-state index in [9.17, 15) is 4.39 Å². The molecule has 0 saturated carbocycles. The Morgan fingerprint density at radius 1 is 1.19 bits per heavy atom. The summed E-state index contributed by atoms with van der Waals surface area (Å²) in [5.41, 5.74) is 1.65. The van der Waals surface area contributed by atoms with E-state index >= 15 is 0 Å². The van der Waals surface area contributed by atoms with Gasteiger partial charge < -0.3 is 9.26 Å². The van der Waals surface area contributed by atoms with E-state index < -0.39 is 0 Å². The van der Waals surface area contributed by atoms with Crippen LogP contribution >= 0.6 is 11.8 Å². The van der Waals surface area contributed by atoms with Crippen LogP contribution in [-0.4, -0.2) is 26.8 Å². The Bertz CT molecular complexity index is 1050. The smallest absolute Gasteiger partial charge is 0.237 e. The number of imidazole rings is 1. The Labute approximate surface area is 159 Å². The molecule has 2 aromatic carbocycles. The summed E-state index contributed by atoms with van der Waals surface area (Å²) in [6.45, 7) is 0. The molecule has 4 aromatic rings. The molecule has 2 aromatic heterocycles. The maximum absolute atomic E-state index is 13.0. The van der Waals surface area contributed by atoms with Gasteiger partial charge >= 0.3 is 0 Å². The monoisotopic (exact) mass is 382 g/mol. The number of hydrogen-bond acceptors (Lipinski definition) is 6. The maximum Gasteiger partial charge on any atom is 0.237 e. The van der Waals surface area contributed by atoms with Crippen molar-refractivity contribution in [2.45, 2.75) is 10.9 Å². The third-order valence-electron chi connectivity index (χ3n) is 3.83. The number of halogens is 1. The average Bonchev–Trinajstić information content (AvgIpc) is 3.36. The third-order valence-corrected chi connectivity index (χ3v) is 4.79. The highest BCUT2D eigenvalue weighted by Crippen LogP contribution is 2.26. The van der Waals surface area contributed by atoms with Crippen molar-refractivity contribution in [1.29, 1.82) is 0 Å². The Morgan fingerprint density at radius 3 is 2.85 bits per heavy atom. The van der Waals surface area contributed by atoms with E-state index in [1.165, 1.54) is 23.9 Å². The fourth-order valence-corrected chi connectivity index (χ4v) is 3.32. The van der Waals surface area contributed by atoms with Gasteiger partial charge in [-0.15, -0.1) is 0 Å². The van der Waals surface area contributed by atoms with Gasteiger partial charge in [0.2, 0.25) is 11.7 Å². The first-order valence-corrected chi connectivity index (χ1v) is 9.10. The van der Waals surface area contributed by atoms with Crippen LogP contribution < -0.4 is 4.74 Å². The number of methoxy groups -OCH3 is 1. The highest BCUT2D eigenvalue weighted by Gasteiger charge is 2.12. The number of thioether (sulfide) groups is 1. The first-order chi connectivity index (χ1) is 13.2. The average molecular weight is 382 g/mol. The fraction of sp³-hybridized carbons (Fsp3) is 0.105. The Balaban J connectivity index is 1.49. The topological polar surface area (TPSA) is 66.0 Å². The van der Waals surface area contributed by atoms with E-state index in [4.69, 9.17) is 9.26 Å². The summed E-state index contributed by atoms with van der Waals surface area (Å²) < 4.78 is 25.6. The molecule has 0 bridgehead atoms. The molecule has 0 atom stereocenters. The first kappa shape index (κ1) is 17.3. The van der Waals surface area contributed by atoms with Crippen molar-refractivity contribution in [3.05, 3.63) is 72.6 Å². The summed E-state index contributed by atoms with van der Waals surface area (Å²) in [7, 11) is 1.64. The van der Waals surface area contributed by atoms with Crippen molar-refractivity contribution in [2.24, 2.45) is 0 Å². The van der Waals surface area contributed by atoms with Crippen molar-refractivity contribution in [2.75, 3.05) is 7.11 Å². The Morgan fingerprint density at radius 2 is 2.04 bits per heavy atom. The van der Waals surface area contributed by atoms with Crippen molar-refractivity contribution in [1.82, 2.24) is 19.7 Å². The van der Waals surface area contributed by atoms with Gasteiger partial charge in [-0.1, -0.05) is 23.0 Å². The van der Waals surface area contributed by atoms with E-state index in [2.05, 4.69) is 15.1 Å². The molecule has 2 heterocycles. The van der Waals surface area contributed by atoms with Crippen LogP contribution in [0.5, 0.6) is 5.75 Å². The minimum absolute atomic E-state index is 0.303. The van der Waals surface area contributed by atoms with Gasteiger partial charge in [-0.3, -0.25) is 4.57 Å². The standard InChI is InChI=1S/C19H15FN4O2S/c1-25-16-4-2-3-15(11-16)24-10-9-21-19(24)27-12-17-22-18(23-26-17)13-5-7-14(20)8-6-13/h2-11H,12H2,1H3. The van der Waals surface area contributed by atoms with Crippen molar-refractivity contribution in [3.63, 3.8) is 0 Å². The summed E-state index contributed by atoms with van der Waals surface area (Å²) in [6.07, 6.45) is 3.62. The Kier molecular flexibility index (Phi) is 4.88. The van der Waals surface area contributed by atoms with Crippen molar-refractivity contribution >= 4 is 11.8 Å². The predicted octanol–water partition coefficient (Wildman–Crippen LogP) is 4.36. The van der Waals surface area contributed by atoms with Crippen molar-refractivity contribution in [3.8, 4) is 22.8 Å². The SMILES string of the molecule is COc1cccc(-n2ccnc2SCc2nc(-c3ccc(F)cc3)no2)c1. The van der Waals surface area contributed by atoms with Crippen LogP contribution in [0.3, 0.4) is 0 Å². The molecule has 136 valence electrons. The third kappa shape index (κ3) is 3.85. The molecule has 0 aliphatic heterocycles. The molecule has 0 spiro atoms. The zero-order valence-electron chi connectivity index (χ0n) is 14.4. The minimum Gasteiger partial charge on any atom is -0.497 e. The molecule has 8 heteroatoms. The molecule has 0 aliphatic carbocycles. The summed E-state index contributed by atoms with van der Waals surface area (Å²) in [5.74, 6) is 1.84. The van der Waals surface area contributed by atoms with Crippen LogP contribution in [0.1, 0.15) is 5.89 Å². The molecule has 4 rings (SSSR count). The second kappa shape index (κ2) is 7.63. The predicted molar refractivity (Wildman–Crippen MR) is 99.4 cm³/mol. The highest BCUT2D eigenvalue weighted by atomic mass is 32.2. The van der Waals surface area contributed by atoms with Gasteiger partial charge in [0.15, 0.2) is 5.16 Å². The molecular formula is C19H15FN4O2S. The fourth-order valence-electron chi connectivity index (χ4n) is 2.51. The van der Waals surface area contributed by atoms with E-state index in [1.807, 2.05) is 35.0 Å². The van der Waals surface area contributed by atoms with Crippen LogP contribution in [-0.2, 0) is 5.75 Å². The maximum atomic E-state index is 13.0. The number of aromatic nitrogens is 4. The van der Waals surface area contributed by atoms with Gasteiger partial charge in [0.1, 0.15) is 11.6 Å². The molecule has 6 nitrogen and oxygen atoms in total. The second-order valence-electron chi connectivity index (χ2n) is 5.59. The van der Waals surface area contributed by atoms with Crippen LogP contribution in [0, 0.1) is 5.82 Å². The first-order valence-electron chi connectivity index (χ1n) is 8.12. The molecule has 0 unspecified atom stereocenters. The van der Waals surface area contributed by atoms with Gasteiger partial charge in [0, 0.05) is 24.0 Å². The molecule has 0 aliphatic rings. The van der Waals surface area contributed by atoms with Crippen LogP contribution in [0.15, 0.2) is 70.6 Å². The van der Waals surface area contributed by atoms with Crippen LogP contribution in [0.4, 0.5) is 4.39 Å². The number of hydrogen-bond donors (Lipinski definition) is 0. The lowest BCUT2D eigenvalue weighted by molar-refractivity contribution is 0.391. The zero-order valence-corrected chi connectivity index (χ0v) is 15.2. The van der Waals surface area contributed by atoms with E-state index in [0.29, 0.717) is 23.0 Å². The molecule has 0 fully saturated rings. The molecule has 0 N–H and O–H groups in total. The lowest BCUT2D eigenvalue weighted by atomic mass is 10.2. The summed E-state index contributed by atoms with van der Waals surface area (Å²) >= 11 is 1.48. The number of rotatable bonds is 6. The highest BCUT2D eigenvalue weighted by molar-refractivity contribution is 7.98. The van der Waals surface area contributed by atoms with Crippen molar-refractivity contribution < 1.29 is 13.7 Å². The minimum atomic E-state index is -0.303. The van der Waals surface area contributed by atoms with E-state index in [1.54, 1.807) is 25.4 Å². The van der Waals surface area contributed by atoms with Gasteiger partial charge in [0.05, 0.1) is 18.6 Å². The molecular weight excluding hydrogens is 367 g/mol. The normalized spacial score (nSPS) is 10.9. The van der Waals surface area contributed by atoms with Gasteiger partial charge in [-0.2, -0.15) is 4.98 Å². The summed E-state index contributed by atoms with van der Waals surface area (Å²) in [4.78, 5) is 8.75.